The third kappa shape index (κ3) is 2.87. The molecule has 0 saturated carbocycles. The van der Waals surface area contributed by atoms with Gasteiger partial charge in [0, 0.05) is 25.0 Å². The highest BCUT2D eigenvalue weighted by molar-refractivity contribution is 7.14. The van der Waals surface area contributed by atoms with Gasteiger partial charge >= 0.3 is 6.03 Å². The van der Waals surface area contributed by atoms with Crippen molar-refractivity contribution >= 4 is 33.3 Å². The second-order valence-electron chi connectivity index (χ2n) is 4.92. The summed E-state index contributed by atoms with van der Waals surface area (Å²) in [6.45, 7) is 0. The van der Waals surface area contributed by atoms with Crippen LogP contribution >= 0.6 is 11.3 Å². The van der Waals surface area contributed by atoms with Gasteiger partial charge in [-0.3, -0.25) is 5.32 Å². The molecule has 0 spiro atoms. The molecule has 1 aromatic heterocycles. The highest BCUT2D eigenvalue weighted by Crippen LogP contribution is 2.27. The Morgan fingerprint density at radius 3 is 2.67 bits per heavy atom. The van der Waals surface area contributed by atoms with Crippen LogP contribution in [0.15, 0.2) is 47.8 Å². The van der Waals surface area contributed by atoms with Crippen LogP contribution in [-0.4, -0.2) is 30.0 Å². The molecule has 1 heterocycles. The summed E-state index contributed by atoms with van der Waals surface area (Å²) in [5.74, 6) is 0. The predicted molar refractivity (Wildman–Crippen MR) is 87.8 cm³/mol. The van der Waals surface area contributed by atoms with E-state index in [1.807, 2.05) is 17.5 Å². The van der Waals surface area contributed by atoms with Crippen LogP contribution in [0.5, 0.6) is 0 Å². The van der Waals surface area contributed by atoms with E-state index in [1.165, 1.54) is 27.0 Å². The number of aromatic nitrogens is 1. The molecule has 1 N–H and O–H groups in total. The third-order valence-electron chi connectivity index (χ3n) is 3.17. The number of benzene rings is 2. The molecule has 0 aliphatic heterocycles. The molecule has 2 aromatic carbocycles. The fourth-order valence-corrected chi connectivity index (χ4v) is 2.73. The van der Waals surface area contributed by atoms with Gasteiger partial charge in [0.15, 0.2) is 5.13 Å². The predicted octanol–water partition coefficient (Wildman–Crippen LogP) is 4.06. The Morgan fingerprint density at radius 2 is 1.90 bits per heavy atom. The van der Waals surface area contributed by atoms with Crippen molar-refractivity contribution < 1.29 is 4.79 Å². The van der Waals surface area contributed by atoms with E-state index >= 15 is 0 Å². The quantitative estimate of drug-likeness (QED) is 0.775. The molecule has 0 saturated heterocycles. The van der Waals surface area contributed by atoms with Crippen LogP contribution in [0, 0.1) is 0 Å². The van der Waals surface area contributed by atoms with Crippen molar-refractivity contribution in [1.82, 2.24) is 9.88 Å². The van der Waals surface area contributed by atoms with Gasteiger partial charge in [-0.15, -0.1) is 11.3 Å². The maximum Gasteiger partial charge on any atom is 0.323 e. The minimum Gasteiger partial charge on any atom is -0.331 e. The Hall–Kier alpha value is -2.40. The normalized spacial score (nSPS) is 10.6. The fraction of sp³-hybridized carbons (Fsp3) is 0.125. The van der Waals surface area contributed by atoms with Crippen molar-refractivity contribution in [2.45, 2.75) is 0 Å². The second kappa shape index (κ2) is 5.54. The number of nitrogens with zero attached hydrogens (tertiary/aromatic N) is 2. The van der Waals surface area contributed by atoms with E-state index in [0.717, 1.165) is 11.3 Å². The van der Waals surface area contributed by atoms with Crippen LogP contribution in [-0.2, 0) is 0 Å². The van der Waals surface area contributed by atoms with Crippen LogP contribution in [0.2, 0.25) is 0 Å². The van der Waals surface area contributed by atoms with Crippen molar-refractivity contribution in [1.29, 1.82) is 0 Å². The third-order valence-corrected chi connectivity index (χ3v) is 3.93. The molecule has 0 bridgehead atoms. The Morgan fingerprint density at radius 1 is 1.14 bits per heavy atom. The molecular formula is C16H15N3OS. The number of nitrogens with one attached hydrogen (secondary N) is 1. The average Bonchev–Trinajstić information content (AvgIpc) is 2.95. The van der Waals surface area contributed by atoms with E-state index in [1.54, 1.807) is 14.1 Å². The lowest BCUT2D eigenvalue weighted by atomic mass is 10.1. The molecule has 0 fully saturated rings. The lowest BCUT2D eigenvalue weighted by Crippen LogP contribution is -2.27. The minimum absolute atomic E-state index is 0.172. The number of amides is 2. The Labute approximate surface area is 127 Å². The first-order valence-electron chi connectivity index (χ1n) is 6.56. The van der Waals surface area contributed by atoms with Gasteiger partial charge < -0.3 is 4.90 Å². The Balaban J connectivity index is 1.89. The van der Waals surface area contributed by atoms with E-state index in [9.17, 15) is 4.79 Å². The van der Waals surface area contributed by atoms with Gasteiger partial charge in [0.25, 0.3) is 0 Å². The number of anilines is 1. The summed E-state index contributed by atoms with van der Waals surface area (Å²) in [6, 6.07) is 14.3. The maximum absolute atomic E-state index is 11.6. The molecule has 106 valence electrons. The first-order valence-corrected chi connectivity index (χ1v) is 7.44. The molecule has 21 heavy (non-hydrogen) atoms. The number of hydrogen-bond acceptors (Lipinski definition) is 3. The van der Waals surface area contributed by atoms with Gasteiger partial charge in [0.1, 0.15) is 0 Å². The Bertz CT molecular complexity index is 795. The smallest absolute Gasteiger partial charge is 0.323 e. The van der Waals surface area contributed by atoms with E-state index in [-0.39, 0.29) is 6.03 Å². The van der Waals surface area contributed by atoms with Gasteiger partial charge in [-0.25, -0.2) is 9.78 Å². The van der Waals surface area contributed by atoms with Crippen LogP contribution in [0.25, 0.3) is 22.0 Å². The summed E-state index contributed by atoms with van der Waals surface area (Å²) in [5, 5.41) is 7.71. The van der Waals surface area contributed by atoms with Gasteiger partial charge in [0.2, 0.25) is 0 Å². The number of rotatable bonds is 2. The minimum atomic E-state index is -0.172. The van der Waals surface area contributed by atoms with Crippen molar-refractivity contribution in [2.75, 3.05) is 19.4 Å². The molecule has 0 radical (unpaired) electrons. The highest BCUT2D eigenvalue weighted by Gasteiger charge is 2.09. The van der Waals surface area contributed by atoms with Crippen LogP contribution in [0.4, 0.5) is 9.93 Å². The summed E-state index contributed by atoms with van der Waals surface area (Å²) in [7, 11) is 3.40. The van der Waals surface area contributed by atoms with Crippen molar-refractivity contribution in [3.8, 4) is 11.3 Å². The molecular weight excluding hydrogens is 282 g/mol. The second-order valence-corrected chi connectivity index (χ2v) is 5.78. The lowest BCUT2D eigenvalue weighted by molar-refractivity contribution is 0.230. The first-order chi connectivity index (χ1) is 10.1. The van der Waals surface area contributed by atoms with E-state index in [2.05, 4.69) is 40.6 Å². The monoisotopic (exact) mass is 297 g/mol. The summed E-state index contributed by atoms with van der Waals surface area (Å²) >= 11 is 1.43. The molecule has 0 atom stereocenters. The first kappa shape index (κ1) is 13.6. The Kier molecular flexibility index (Phi) is 3.58. The van der Waals surface area contributed by atoms with Crippen LogP contribution < -0.4 is 5.32 Å². The molecule has 3 rings (SSSR count). The van der Waals surface area contributed by atoms with Crippen LogP contribution in [0.1, 0.15) is 0 Å². The van der Waals surface area contributed by atoms with Gasteiger partial charge in [0.05, 0.1) is 5.69 Å². The standard InChI is InChI=1S/C16H15N3OS/c1-19(2)16(20)18-15-17-14(10-21-15)13-8-7-11-5-3-4-6-12(11)9-13/h3-10H,1-2H3,(H,17,18,20). The maximum atomic E-state index is 11.6. The number of thiazole rings is 1. The fourth-order valence-electron chi connectivity index (χ4n) is 2.02. The summed E-state index contributed by atoms with van der Waals surface area (Å²) in [6.07, 6.45) is 0. The zero-order valence-corrected chi connectivity index (χ0v) is 12.6. The molecule has 4 nitrogen and oxygen atoms in total. The van der Waals surface area contributed by atoms with Crippen molar-refractivity contribution in [3.05, 3.63) is 47.8 Å². The molecule has 3 aromatic rings. The molecule has 5 heteroatoms. The zero-order chi connectivity index (χ0) is 14.8. The van der Waals surface area contributed by atoms with Gasteiger partial charge in [-0.1, -0.05) is 36.4 Å². The molecule has 0 aliphatic rings. The van der Waals surface area contributed by atoms with Gasteiger partial charge in [-0.05, 0) is 16.8 Å². The molecule has 2 amide bonds. The van der Waals surface area contributed by atoms with Crippen molar-refractivity contribution in [3.63, 3.8) is 0 Å². The lowest BCUT2D eigenvalue weighted by Gasteiger charge is -2.09. The largest absolute Gasteiger partial charge is 0.331 e. The summed E-state index contributed by atoms with van der Waals surface area (Å²) in [4.78, 5) is 17.6. The topological polar surface area (TPSA) is 45.2 Å². The van der Waals surface area contributed by atoms with Gasteiger partial charge in [-0.2, -0.15) is 0 Å². The number of fused-ring (bicyclic) bond motifs is 1. The zero-order valence-electron chi connectivity index (χ0n) is 11.8. The summed E-state index contributed by atoms with van der Waals surface area (Å²) < 4.78 is 0. The summed E-state index contributed by atoms with van der Waals surface area (Å²) in [5.41, 5.74) is 1.93. The van der Waals surface area contributed by atoms with Crippen LogP contribution in [0.3, 0.4) is 0 Å². The molecule has 0 aliphatic carbocycles. The van der Waals surface area contributed by atoms with Crippen molar-refractivity contribution in [2.24, 2.45) is 0 Å². The average molecular weight is 297 g/mol. The van der Waals surface area contributed by atoms with E-state index in [4.69, 9.17) is 0 Å². The number of hydrogen-bond donors (Lipinski definition) is 1. The number of carbonyl (C=O) groups is 1. The van der Waals surface area contributed by atoms with E-state index < -0.39 is 0 Å². The van der Waals surface area contributed by atoms with E-state index in [0.29, 0.717) is 5.13 Å². The SMILES string of the molecule is CN(C)C(=O)Nc1nc(-c2ccc3ccccc3c2)cs1. The molecule has 0 unspecified atom stereocenters. The highest BCUT2D eigenvalue weighted by atomic mass is 32.1. The number of carbonyl (C=O) groups excluding carboxylic acids is 1. The number of urea groups is 1.